The number of nitrogens with one attached hydrogen (secondary N) is 1. The second kappa shape index (κ2) is 10.8. The third-order valence-electron chi connectivity index (χ3n) is 3.50. The molecule has 0 unspecified atom stereocenters. The molecule has 0 fully saturated rings. The molecule has 110 valence electrons. The molecule has 1 N–H and O–H groups in total. The average Bonchev–Trinajstić information content (AvgIpc) is 2.82. The van der Waals surface area contributed by atoms with Crippen molar-refractivity contribution in [3.8, 4) is 0 Å². The number of nitrogens with zero attached hydrogens (tertiary/aromatic N) is 1. The zero-order valence-electron chi connectivity index (χ0n) is 12.2. The molecular weight excluding hydrogens is 240 g/mol. The van der Waals surface area contributed by atoms with Gasteiger partial charge in [0, 0.05) is 6.42 Å². The number of aromatic nitrogens is 2. The van der Waals surface area contributed by atoms with Gasteiger partial charge in [-0.2, -0.15) is 0 Å². The van der Waals surface area contributed by atoms with E-state index in [2.05, 4.69) is 21.6 Å². The topological polar surface area (TPSA) is 58.9 Å². The predicted molar refractivity (Wildman–Crippen MR) is 77.3 cm³/mol. The standard InChI is InChI=1S/C15H28N2O2/c1-2-3-4-5-6-7-8-9-10-11-12-13-14-16-15(18)19-17-14/h2-13H2,1H3,(H,16,17,18). The minimum absolute atomic E-state index is 0.446. The molecule has 1 rings (SSSR count). The minimum atomic E-state index is -0.446. The molecule has 4 heteroatoms. The van der Waals surface area contributed by atoms with Crippen molar-refractivity contribution in [2.24, 2.45) is 0 Å². The van der Waals surface area contributed by atoms with E-state index in [0.717, 1.165) is 12.8 Å². The van der Waals surface area contributed by atoms with Gasteiger partial charge in [-0.25, -0.2) is 4.79 Å². The molecule has 19 heavy (non-hydrogen) atoms. The first kappa shape index (κ1) is 16.0. The molecule has 0 aliphatic carbocycles. The summed E-state index contributed by atoms with van der Waals surface area (Å²) in [6.07, 6.45) is 15.4. The summed E-state index contributed by atoms with van der Waals surface area (Å²) in [4.78, 5) is 13.3. The van der Waals surface area contributed by atoms with E-state index in [1.54, 1.807) is 0 Å². The van der Waals surface area contributed by atoms with Crippen molar-refractivity contribution in [2.45, 2.75) is 84.0 Å². The summed E-state index contributed by atoms with van der Waals surface area (Å²) in [7, 11) is 0. The van der Waals surface area contributed by atoms with Gasteiger partial charge in [0.15, 0.2) is 5.82 Å². The lowest BCUT2D eigenvalue weighted by atomic mass is 10.1. The van der Waals surface area contributed by atoms with Crippen LogP contribution in [0, 0.1) is 0 Å². The highest BCUT2D eigenvalue weighted by molar-refractivity contribution is 4.77. The van der Waals surface area contributed by atoms with Crippen LogP contribution in [-0.4, -0.2) is 10.1 Å². The zero-order chi connectivity index (χ0) is 13.8. The normalized spacial score (nSPS) is 11.0. The molecule has 1 aromatic rings. The molecule has 1 heterocycles. The maximum atomic E-state index is 10.7. The molecule has 0 amide bonds. The van der Waals surface area contributed by atoms with Crippen LogP contribution in [0.1, 0.15) is 83.4 Å². The van der Waals surface area contributed by atoms with Gasteiger partial charge in [-0.1, -0.05) is 76.3 Å². The molecule has 0 aliphatic rings. The van der Waals surface area contributed by atoms with E-state index in [9.17, 15) is 4.79 Å². The van der Waals surface area contributed by atoms with Crippen molar-refractivity contribution in [3.05, 3.63) is 16.4 Å². The molecule has 0 bridgehead atoms. The van der Waals surface area contributed by atoms with E-state index >= 15 is 0 Å². The Hall–Kier alpha value is -1.06. The highest BCUT2D eigenvalue weighted by atomic mass is 16.5. The van der Waals surface area contributed by atoms with Crippen molar-refractivity contribution in [1.82, 2.24) is 10.1 Å². The fourth-order valence-corrected chi connectivity index (χ4v) is 2.32. The summed E-state index contributed by atoms with van der Waals surface area (Å²) in [5.41, 5.74) is 0. The fourth-order valence-electron chi connectivity index (χ4n) is 2.32. The van der Waals surface area contributed by atoms with Crippen LogP contribution in [0.5, 0.6) is 0 Å². The molecule has 0 aromatic carbocycles. The Morgan fingerprint density at radius 1 is 0.895 bits per heavy atom. The van der Waals surface area contributed by atoms with Gasteiger partial charge in [-0.15, -0.1) is 0 Å². The van der Waals surface area contributed by atoms with E-state index in [-0.39, 0.29) is 0 Å². The van der Waals surface area contributed by atoms with Gasteiger partial charge >= 0.3 is 5.76 Å². The molecule has 4 nitrogen and oxygen atoms in total. The minimum Gasteiger partial charge on any atom is -0.296 e. The number of hydrogen-bond acceptors (Lipinski definition) is 3. The van der Waals surface area contributed by atoms with Crippen molar-refractivity contribution in [2.75, 3.05) is 0 Å². The second-order valence-electron chi connectivity index (χ2n) is 5.33. The third-order valence-corrected chi connectivity index (χ3v) is 3.50. The van der Waals surface area contributed by atoms with Crippen molar-refractivity contribution in [1.29, 1.82) is 0 Å². The highest BCUT2D eigenvalue weighted by Gasteiger charge is 1.99. The Bertz CT molecular complexity index is 357. The van der Waals surface area contributed by atoms with Crippen LogP contribution >= 0.6 is 0 Å². The molecule has 0 atom stereocenters. The van der Waals surface area contributed by atoms with Crippen LogP contribution < -0.4 is 5.76 Å². The van der Waals surface area contributed by atoms with Crippen molar-refractivity contribution < 1.29 is 4.52 Å². The number of aromatic amines is 1. The number of rotatable bonds is 12. The first-order valence-electron chi connectivity index (χ1n) is 7.88. The lowest BCUT2D eigenvalue weighted by Crippen LogP contribution is -1.97. The summed E-state index contributed by atoms with van der Waals surface area (Å²) in [5, 5.41) is 3.66. The Morgan fingerprint density at radius 2 is 1.42 bits per heavy atom. The van der Waals surface area contributed by atoms with Crippen LogP contribution in [0.4, 0.5) is 0 Å². The molecular formula is C15H28N2O2. The molecule has 0 saturated heterocycles. The predicted octanol–water partition coefficient (Wildman–Crippen LogP) is 4.22. The number of unbranched alkanes of at least 4 members (excludes halogenated alkanes) is 10. The van der Waals surface area contributed by atoms with Crippen LogP contribution in [0.2, 0.25) is 0 Å². The summed E-state index contributed by atoms with van der Waals surface area (Å²) < 4.78 is 4.45. The number of H-pyrrole nitrogens is 1. The molecule has 0 spiro atoms. The quantitative estimate of drug-likeness (QED) is 0.577. The Balaban J connectivity index is 1.80. The first-order valence-corrected chi connectivity index (χ1v) is 7.88. The molecule has 0 saturated carbocycles. The lowest BCUT2D eigenvalue weighted by molar-refractivity contribution is 0.380. The lowest BCUT2D eigenvalue weighted by Gasteiger charge is -2.01. The second-order valence-corrected chi connectivity index (χ2v) is 5.33. The van der Waals surface area contributed by atoms with Gasteiger partial charge in [-0.05, 0) is 6.42 Å². The fraction of sp³-hybridized carbons (Fsp3) is 0.867. The summed E-state index contributed by atoms with van der Waals surface area (Å²) in [5.74, 6) is 0.235. The van der Waals surface area contributed by atoms with Crippen LogP contribution in [-0.2, 0) is 6.42 Å². The molecule has 1 aromatic heterocycles. The maximum absolute atomic E-state index is 10.7. The Kier molecular flexibility index (Phi) is 9.11. The number of hydrogen-bond donors (Lipinski definition) is 1. The van der Waals surface area contributed by atoms with E-state index in [1.165, 1.54) is 64.2 Å². The van der Waals surface area contributed by atoms with Gasteiger partial charge in [0.05, 0.1) is 0 Å². The van der Waals surface area contributed by atoms with Gasteiger partial charge in [0.25, 0.3) is 0 Å². The van der Waals surface area contributed by atoms with Crippen molar-refractivity contribution >= 4 is 0 Å². The Morgan fingerprint density at radius 3 is 1.89 bits per heavy atom. The van der Waals surface area contributed by atoms with Crippen LogP contribution in [0.25, 0.3) is 0 Å². The molecule has 0 radical (unpaired) electrons. The van der Waals surface area contributed by atoms with E-state index in [1.807, 2.05) is 0 Å². The molecule has 0 aliphatic heterocycles. The number of aryl methyl sites for hydroxylation is 1. The average molecular weight is 268 g/mol. The SMILES string of the molecule is CCCCCCCCCCCCCc1noc(=O)[nH]1. The van der Waals surface area contributed by atoms with Gasteiger partial charge in [-0.3, -0.25) is 9.51 Å². The maximum Gasteiger partial charge on any atom is 0.438 e. The van der Waals surface area contributed by atoms with Gasteiger partial charge < -0.3 is 0 Å². The largest absolute Gasteiger partial charge is 0.438 e. The van der Waals surface area contributed by atoms with E-state index < -0.39 is 5.76 Å². The summed E-state index contributed by atoms with van der Waals surface area (Å²) >= 11 is 0. The van der Waals surface area contributed by atoms with Crippen LogP contribution in [0.3, 0.4) is 0 Å². The summed E-state index contributed by atoms with van der Waals surface area (Å²) in [6.45, 7) is 2.26. The zero-order valence-corrected chi connectivity index (χ0v) is 12.2. The monoisotopic (exact) mass is 268 g/mol. The van der Waals surface area contributed by atoms with Gasteiger partial charge in [0.1, 0.15) is 0 Å². The smallest absolute Gasteiger partial charge is 0.296 e. The van der Waals surface area contributed by atoms with E-state index in [0.29, 0.717) is 5.82 Å². The summed E-state index contributed by atoms with van der Waals surface area (Å²) in [6, 6.07) is 0. The third kappa shape index (κ3) is 8.62. The Labute approximate surface area is 116 Å². The van der Waals surface area contributed by atoms with Crippen LogP contribution in [0.15, 0.2) is 9.32 Å². The highest BCUT2D eigenvalue weighted by Crippen LogP contribution is 2.11. The van der Waals surface area contributed by atoms with Gasteiger partial charge in [0.2, 0.25) is 0 Å². The first-order chi connectivity index (χ1) is 9.33. The van der Waals surface area contributed by atoms with Crippen molar-refractivity contribution in [3.63, 3.8) is 0 Å². The van der Waals surface area contributed by atoms with E-state index in [4.69, 9.17) is 0 Å².